The van der Waals surface area contributed by atoms with Crippen LogP contribution in [0.2, 0.25) is 0 Å². The first kappa shape index (κ1) is 15.2. The van der Waals surface area contributed by atoms with E-state index in [1.54, 1.807) is 0 Å². The number of nitrogens with zero attached hydrogens (tertiary/aromatic N) is 1. The summed E-state index contributed by atoms with van der Waals surface area (Å²) in [6, 6.07) is 0.473. The quantitative estimate of drug-likeness (QED) is 0.669. The predicted molar refractivity (Wildman–Crippen MR) is 77.1 cm³/mol. The molecular weight excluding hydrogens is 240 g/mol. The van der Waals surface area contributed by atoms with Crippen molar-refractivity contribution in [2.75, 3.05) is 32.8 Å². The van der Waals surface area contributed by atoms with Crippen LogP contribution in [0.15, 0.2) is 0 Å². The van der Waals surface area contributed by atoms with Gasteiger partial charge in [0.15, 0.2) is 0 Å². The van der Waals surface area contributed by atoms with Gasteiger partial charge in [0.25, 0.3) is 0 Å². The number of piperidine rings is 1. The fourth-order valence-corrected chi connectivity index (χ4v) is 3.60. The molecule has 3 N–H and O–H groups in total. The Morgan fingerprint density at radius 3 is 2.63 bits per heavy atom. The average molecular weight is 270 g/mol. The first-order valence-electron chi connectivity index (χ1n) is 7.93. The van der Waals surface area contributed by atoms with Gasteiger partial charge >= 0.3 is 0 Å². The highest BCUT2D eigenvalue weighted by Gasteiger charge is 2.29. The maximum Gasteiger partial charge on any atom is 0.0558 e. The maximum atomic E-state index is 9.84. The molecule has 1 aliphatic heterocycles. The fourth-order valence-electron chi connectivity index (χ4n) is 3.60. The Balaban J connectivity index is 1.79. The van der Waals surface area contributed by atoms with Crippen LogP contribution in [0.25, 0.3) is 0 Å². The molecule has 4 heteroatoms. The molecule has 19 heavy (non-hydrogen) atoms. The van der Waals surface area contributed by atoms with Crippen molar-refractivity contribution in [3.05, 3.63) is 0 Å². The Hall–Kier alpha value is -0.160. The van der Waals surface area contributed by atoms with E-state index >= 15 is 0 Å². The Labute approximate surface area is 117 Å². The number of rotatable bonds is 6. The Morgan fingerprint density at radius 1 is 1.26 bits per heavy atom. The molecule has 0 radical (unpaired) electrons. The van der Waals surface area contributed by atoms with E-state index in [1.165, 1.54) is 25.7 Å². The van der Waals surface area contributed by atoms with Gasteiger partial charge in [0.2, 0.25) is 0 Å². The van der Waals surface area contributed by atoms with Crippen LogP contribution in [0.1, 0.15) is 39.0 Å². The van der Waals surface area contributed by atoms with Gasteiger partial charge < -0.3 is 15.5 Å². The monoisotopic (exact) mass is 270 g/mol. The maximum absolute atomic E-state index is 9.84. The molecule has 112 valence electrons. The molecule has 0 aromatic carbocycles. The normalized spacial score (nSPS) is 31.7. The molecule has 1 saturated carbocycles. The van der Waals surface area contributed by atoms with Gasteiger partial charge in [-0.25, -0.2) is 0 Å². The van der Waals surface area contributed by atoms with Crippen molar-refractivity contribution in [1.29, 1.82) is 0 Å². The minimum atomic E-state index is -0.253. The molecular formula is C15H30N2O2. The molecule has 3 atom stereocenters. The third-order valence-electron chi connectivity index (χ3n) is 4.83. The zero-order chi connectivity index (χ0) is 13.7. The number of hydrogen-bond acceptors (Lipinski definition) is 4. The highest BCUT2D eigenvalue weighted by molar-refractivity contribution is 4.86. The van der Waals surface area contributed by atoms with Crippen LogP contribution in [-0.4, -0.2) is 60.0 Å². The Bertz CT molecular complexity index is 255. The lowest BCUT2D eigenvalue weighted by Gasteiger charge is -2.39. The van der Waals surface area contributed by atoms with Gasteiger partial charge in [-0.2, -0.15) is 0 Å². The molecule has 0 amide bonds. The van der Waals surface area contributed by atoms with Crippen LogP contribution in [0.5, 0.6) is 0 Å². The van der Waals surface area contributed by atoms with Crippen LogP contribution in [0, 0.1) is 11.8 Å². The van der Waals surface area contributed by atoms with E-state index in [0.29, 0.717) is 12.0 Å². The van der Waals surface area contributed by atoms with Crippen molar-refractivity contribution in [2.45, 2.75) is 51.2 Å². The topological polar surface area (TPSA) is 55.7 Å². The lowest BCUT2D eigenvalue weighted by atomic mass is 9.90. The van der Waals surface area contributed by atoms with Gasteiger partial charge in [-0.15, -0.1) is 0 Å². The third-order valence-corrected chi connectivity index (χ3v) is 4.83. The number of likely N-dealkylation sites (tertiary alicyclic amines) is 1. The summed E-state index contributed by atoms with van der Waals surface area (Å²) in [7, 11) is 0. The second-order valence-electron chi connectivity index (χ2n) is 6.48. The molecule has 2 rings (SSSR count). The van der Waals surface area contributed by atoms with Crippen LogP contribution in [-0.2, 0) is 0 Å². The van der Waals surface area contributed by atoms with Crippen molar-refractivity contribution in [1.82, 2.24) is 10.2 Å². The van der Waals surface area contributed by atoms with Crippen LogP contribution in [0.4, 0.5) is 0 Å². The average Bonchev–Trinajstić information content (AvgIpc) is 2.89. The van der Waals surface area contributed by atoms with Crippen molar-refractivity contribution in [2.24, 2.45) is 11.8 Å². The van der Waals surface area contributed by atoms with Crippen molar-refractivity contribution in [3.8, 4) is 0 Å². The summed E-state index contributed by atoms with van der Waals surface area (Å²) in [6.45, 7) is 5.88. The number of β-amino-alcohol motifs (C(OH)–C–C–N with tert-alkyl or cyclic N) is 1. The summed E-state index contributed by atoms with van der Waals surface area (Å²) in [4.78, 5) is 2.28. The SMILES string of the molecule is CC(O)C1CC(NCC2CCCC2)CN(CCO)C1. The van der Waals surface area contributed by atoms with Gasteiger partial charge in [-0.05, 0) is 44.6 Å². The van der Waals surface area contributed by atoms with E-state index < -0.39 is 0 Å². The highest BCUT2D eigenvalue weighted by Crippen LogP contribution is 2.25. The largest absolute Gasteiger partial charge is 0.395 e. The highest BCUT2D eigenvalue weighted by atomic mass is 16.3. The lowest BCUT2D eigenvalue weighted by Crippen LogP contribution is -2.52. The van der Waals surface area contributed by atoms with Crippen LogP contribution in [0.3, 0.4) is 0 Å². The van der Waals surface area contributed by atoms with Crippen molar-refractivity contribution in [3.63, 3.8) is 0 Å². The predicted octanol–water partition coefficient (Wildman–Crippen LogP) is 0.830. The minimum absolute atomic E-state index is 0.210. The van der Waals surface area contributed by atoms with E-state index in [2.05, 4.69) is 10.2 Å². The lowest BCUT2D eigenvalue weighted by molar-refractivity contribution is 0.0406. The molecule has 2 aliphatic rings. The number of hydrogen-bond donors (Lipinski definition) is 3. The van der Waals surface area contributed by atoms with Crippen molar-refractivity contribution < 1.29 is 10.2 Å². The molecule has 1 aliphatic carbocycles. The summed E-state index contributed by atoms with van der Waals surface area (Å²) in [5.74, 6) is 1.19. The van der Waals surface area contributed by atoms with E-state index in [4.69, 9.17) is 5.11 Å². The van der Waals surface area contributed by atoms with Gasteiger partial charge in [0.1, 0.15) is 0 Å². The molecule has 4 nitrogen and oxygen atoms in total. The summed E-state index contributed by atoms with van der Waals surface area (Å²) in [5, 5.41) is 22.7. The molecule has 0 bridgehead atoms. The first-order chi connectivity index (χ1) is 9.19. The Kier molecular flexibility index (Phi) is 6.07. The van der Waals surface area contributed by atoms with Gasteiger partial charge in [-0.1, -0.05) is 12.8 Å². The minimum Gasteiger partial charge on any atom is -0.395 e. The van der Waals surface area contributed by atoms with E-state index in [9.17, 15) is 5.11 Å². The second-order valence-corrected chi connectivity index (χ2v) is 6.48. The zero-order valence-corrected chi connectivity index (χ0v) is 12.2. The molecule has 1 heterocycles. The molecule has 1 saturated heterocycles. The molecule has 3 unspecified atom stereocenters. The second kappa shape index (κ2) is 7.58. The first-order valence-corrected chi connectivity index (χ1v) is 7.93. The van der Waals surface area contributed by atoms with Gasteiger partial charge in [0.05, 0.1) is 12.7 Å². The molecule has 0 aromatic rings. The number of aliphatic hydroxyl groups is 2. The molecule has 2 fully saturated rings. The summed E-state index contributed by atoms with van der Waals surface area (Å²) < 4.78 is 0. The van der Waals surface area contributed by atoms with Gasteiger partial charge in [0, 0.05) is 25.7 Å². The smallest absolute Gasteiger partial charge is 0.0558 e. The summed E-state index contributed by atoms with van der Waals surface area (Å²) in [6.07, 6.45) is 6.34. The Morgan fingerprint density at radius 2 is 2.00 bits per heavy atom. The third kappa shape index (κ3) is 4.71. The summed E-state index contributed by atoms with van der Waals surface area (Å²) >= 11 is 0. The number of nitrogens with one attached hydrogen (secondary N) is 1. The summed E-state index contributed by atoms with van der Waals surface area (Å²) in [5.41, 5.74) is 0. The van der Waals surface area contributed by atoms with Crippen LogP contribution >= 0.6 is 0 Å². The van der Waals surface area contributed by atoms with Crippen LogP contribution < -0.4 is 5.32 Å². The van der Waals surface area contributed by atoms with Gasteiger partial charge in [-0.3, -0.25) is 4.90 Å². The van der Waals surface area contributed by atoms with Crippen molar-refractivity contribution >= 4 is 0 Å². The zero-order valence-electron chi connectivity index (χ0n) is 12.2. The molecule has 0 aromatic heterocycles. The van der Waals surface area contributed by atoms with E-state index in [1.807, 2.05) is 6.92 Å². The standard InChI is InChI=1S/C15H30N2O2/c1-12(19)14-8-15(11-17(10-14)6-7-18)16-9-13-4-2-3-5-13/h12-16,18-19H,2-11H2,1H3. The molecule has 0 spiro atoms. The van der Waals surface area contributed by atoms with E-state index in [0.717, 1.165) is 38.5 Å². The van der Waals surface area contributed by atoms with E-state index in [-0.39, 0.29) is 12.7 Å². The number of aliphatic hydroxyl groups excluding tert-OH is 2. The fraction of sp³-hybridized carbons (Fsp3) is 1.00.